The van der Waals surface area contributed by atoms with Gasteiger partial charge in [0.1, 0.15) is 5.75 Å². The Hall–Kier alpha value is -2.18. The van der Waals surface area contributed by atoms with E-state index in [9.17, 15) is 13.2 Å². The molecular weight excluding hydrogens is 496 g/mol. The summed E-state index contributed by atoms with van der Waals surface area (Å²) in [5.41, 5.74) is 1.47. The van der Waals surface area contributed by atoms with Crippen molar-refractivity contribution in [3.8, 4) is 5.75 Å². The quantitative estimate of drug-likeness (QED) is 0.0692. The molecule has 0 bridgehead atoms. The van der Waals surface area contributed by atoms with Crippen LogP contribution in [0, 0.1) is 0 Å². The van der Waals surface area contributed by atoms with Crippen LogP contribution in [-0.2, 0) is 21.3 Å². The molecule has 0 aliphatic rings. The molecular formula is C32H48O5S. The molecule has 5 nitrogen and oxygen atoms in total. The summed E-state index contributed by atoms with van der Waals surface area (Å²) in [5.74, 6) is -0.0315. The van der Waals surface area contributed by atoms with Gasteiger partial charge in [0.25, 0.3) is 10.1 Å². The lowest BCUT2D eigenvalue weighted by Gasteiger charge is -2.05. The molecule has 6 heteroatoms. The molecule has 0 saturated carbocycles. The highest BCUT2D eigenvalue weighted by Crippen LogP contribution is 2.18. The number of benzene rings is 2. The van der Waals surface area contributed by atoms with Gasteiger partial charge in [-0.05, 0) is 49.1 Å². The van der Waals surface area contributed by atoms with E-state index in [0.29, 0.717) is 6.42 Å². The molecule has 0 unspecified atom stereocenters. The largest absolute Gasteiger partial charge is 0.427 e. The molecule has 0 spiro atoms. The van der Waals surface area contributed by atoms with Crippen molar-refractivity contribution in [2.24, 2.45) is 0 Å². The number of aryl methyl sites for hydroxylation is 1. The zero-order valence-corrected chi connectivity index (χ0v) is 23.9. The lowest BCUT2D eigenvalue weighted by atomic mass is 10.0. The normalized spacial score (nSPS) is 11.5. The van der Waals surface area contributed by atoms with Gasteiger partial charge in [-0.2, -0.15) is 8.42 Å². The van der Waals surface area contributed by atoms with Crippen molar-refractivity contribution >= 4 is 16.1 Å². The van der Waals surface area contributed by atoms with Crippen molar-refractivity contribution in [2.75, 3.05) is 0 Å². The second kappa shape index (κ2) is 19.8. The summed E-state index contributed by atoms with van der Waals surface area (Å²) in [7, 11) is -4.23. The smallest absolute Gasteiger partial charge is 0.311 e. The van der Waals surface area contributed by atoms with Crippen LogP contribution in [0.1, 0.15) is 121 Å². The van der Waals surface area contributed by atoms with Crippen LogP contribution in [0.15, 0.2) is 59.5 Å². The summed E-state index contributed by atoms with van der Waals surface area (Å²) in [4.78, 5) is 11.7. The Kier molecular flexibility index (Phi) is 16.7. The van der Waals surface area contributed by atoms with Crippen molar-refractivity contribution in [2.45, 2.75) is 127 Å². The summed E-state index contributed by atoms with van der Waals surface area (Å²) in [6.45, 7) is 0. The van der Waals surface area contributed by atoms with Gasteiger partial charge < -0.3 is 4.74 Å². The van der Waals surface area contributed by atoms with Crippen molar-refractivity contribution in [1.82, 2.24) is 0 Å². The summed E-state index contributed by atoms with van der Waals surface area (Å²) in [5, 5.41) is 0. The van der Waals surface area contributed by atoms with E-state index in [0.717, 1.165) is 19.3 Å². The molecule has 0 heterocycles. The van der Waals surface area contributed by atoms with Gasteiger partial charge in [0, 0.05) is 6.42 Å². The lowest BCUT2D eigenvalue weighted by Crippen LogP contribution is -2.07. The second-order valence-corrected chi connectivity index (χ2v) is 11.8. The molecule has 38 heavy (non-hydrogen) atoms. The Balaban J connectivity index is 1.28. The van der Waals surface area contributed by atoms with Gasteiger partial charge >= 0.3 is 5.97 Å². The number of hydrogen-bond acceptors (Lipinski definition) is 4. The number of hydrogen-bond donors (Lipinski definition) is 1. The van der Waals surface area contributed by atoms with Crippen LogP contribution < -0.4 is 4.74 Å². The second-order valence-electron chi connectivity index (χ2n) is 10.4. The molecule has 0 radical (unpaired) electrons. The molecule has 0 aliphatic carbocycles. The van der Waals surface area contributed by atoms with Crippen LogP contribution in [0.5, 0.6) is 5.75 Å². The Bertz CT molecular complexity index is 971. The van der Waals surface area contributed by atoms with Gasteiger partial charge in [-0.15, -0.1) is 0 Å². The first kappa shape index (κ1) is 32.0. The predicted molar refractivity (Wildman–Crippen MR) is 155 cm³/mol. The molecule has 2 aromatic rings. The Morgan fingerprint density at radius 3 is 1.45 bits per heavy atom. The minimum absolute atomic E-state index is 0.219. The van der Waals surface area contributed by atoms with E-state index in [1.165, 1.54) is 126 Å². The summed E-state index contributed by atoms with van der Waals surface area (Å²) >= 11 is 0. The van der Waals surface area contributed by atoms with E-state index < -0.39 is 10.1 Å². The fourth-order valence-electron chi connectivity index (χ4n) is 4.76. The molecule has 1 N–H and O–H groups in total. The fourth-order valence-corrected chi connectivity index (χ4v) is 5.24. The number of carbonyl (C=O) groups excluding carboxylic acids is 1. The highest BCUT2D eigenvalue weighted by molar-refractivity contribution is 7.85. The van der Waals surface area contributed by atoms with Crippen molar-refractivity contribution in [1.29, 1.82) is 0 Å². The maximum Gasteiger partial charge on any atom is 0.311 e. The number of ether oxygens (including phenoxy) is 1. The zero-order chi connectivity index (χ0) is 27.3. The SMILES string of the molecule is O=C(CCCCCCCCCCCCCCCCCCCc1ccccc1)Oc1ccc(S(=O)(=O)O)cc1. The van der Waals surface area contributed by atoms with Gasteiger partial charge in [0.05, 0.1) is 4.90 Å². The van der Waals surface area contributed by atoms with E-state index in [2.05, 4.69) is 30.3 Å². The molecule has 212 valence electrons. The van der Waals surface area contributed by atoms with Crippen LogP contribution in [-0.4, -0.2) is 18.9 Å². The molecule has 0 saturated heterocycles. The van der Waals surface area contributed by atoms with Crippen LogP contribution in [0.4, 0.5) is 0 Å². The standard InChI is InChI=1S/C32H48O5S/c33-32(37-30-25-27-31(28-26-30)38(34,35)36)24-20-15-13-11-9-7-5-3-1-2-4-6-8-10-12-14-17-21-29-22-18-16-19-23-29/h16,18-19,22-23,25-28H,1-15,17,20-21,24H2,(H,34,35,36). The molecule has 0 aromatic heterocycles. The van der Waals surface area contributed by atoms with Gasteiger partial charge in [-0.3, -0.25) is 9.35 Å². The van der Waals surface area contributed by atoms with Crippen molar-refractivity contribution in [3.63, 3.8) is 0 Å². The first-order valence-corrected chi connectivity index (χ1v) is 16.2. The third kappa shape index (κ3) is 15.9. The number of unbranched alkanes of at least 4 members (excludes halogenated alkanes) is 16. The summed E-state index contributed by atoms with van der Waals surface area (Å²) < 4.78 is 36.3. The third-order valence-electron chi connectivity index (χ3n) is 7.04. The monoisotopic (exact) mass is 544 g/mol. The average Bonchev–Trinajstić information content (AvgIpc) is 2.90. The molecule has 0 amide bonds. The third-order valence-corrected chi connectivity index (χ3v) is 7.91. The fraction of sp³-hybridized carbons (Fsp3) is 0.594. The van der Waals surface area contributed by atoms with Crippen molar-refractivity contribution in [3.05, 3.63) is 60.2 Å². The van der Waals surface area contributed by atoms with Crippen LogP contribution in [0.25, 0.3) is 0 Å². The minimum Gasteiger partial charge on any atom is -0.427 e. The molecule has 2 aromatic carbocycles. The molecule has 0 fully saturated rings. The van der Waals surface area contributed by atoms with E-state index in [1.54, 1.807) is 0 Å². The Morgan fingerprint density at radius 1 is 0.579 bits per heavy atom. The van der Waals surface area contributed by atoms with E-state index in [1.807, 2.05) is 0 Å². The van der Waals surface area contributed by atoms with Gasteiger partial charge in [0.2, 0.25) is 0 Å². The first-order valence-electron chi connectivity index (χ1n) is 14.8. The average molecular weight is 545 g/mol. The maximum atomic E-state index is 11.9. The zero-order valence-electron chi connectivity index (χ0n) is 23.1. The van der Waals surface area contributed by atoms with Crippen LogP contribution >= 0.6 is 0 Å². The van der Waals surface area contributed by atoms with Gasteiger partial charge in [0.15, 0.2) is 0 Å². The van der Waals surface area contributed by atoms with E-state index >= 15 is 0 Å². The highest BCUT2D eigenvalue weighted by Gasteiger charge is 2.10. The minimum atomic E-state index is -4.23. The topological polar surface area (TPSA) is 80.7 Å². The van der Waals surface area contributed by atoms with Crippen LogP contribution in [0.2, 0.25) is 0 Å². The molecule has 2 rings (SSSR count). The van der Waals surface area contributed by atoms with Crippen LogP contribution in [0.3, 0.4) is 0 Å². The maximum absolute atomic E-state index is 11.9. The van der Waals surface area contributed by atoms with Crippen molar-refractivity contribution < 1.29 is 22.5 Å². The van der Waals surface area contributed by atoms with Gasteiger partial charge in [-0.25, -0.2) is 0 Å². The molecule has 0 aliphatic heterocycles. The summed E-state index contributed by atoms with van der Waals surface area (Å²) in [6, 6.07) is 16.0. The van der Waals surface area contributed by atoms with E-state index in [-0.39, 0.29) is 16.6 Å². The first-order chi connectivity index (χ1) is 18.4. The summed E-state index contributed by atoms with van der Waals surface area (Å²) in [6.07, 6.45) is 23.4. The van der Waals surface area contributed by atoms with E-state index in [4.69, 9.17) is 9.29 Å². The van der Waals surface area contributed by atoms with Gasteiger partial charge in [-0.1, -0.05) is 127 Å². The number of carbonyl (C=O) groups is 1. The predicted octanol–water partition coefficient (Wildman–Crippen LogP) is 9.10. The Morgan fingerprint density at radius 2 is 1.00 bits per heavy atom. The Labute approximate surface area is 231 Å². The number of rotatable bonds is 22. The highest BCUT2D eigenvalue weighted by atomic mass is 32.2. The lowest BCUT2D eigenvalue weighted by molar-refractivity contribution is -0.134. The number of esters is 1. The molecule has 0 atom stereocenters.